The van der Waals surface area contributed by atoms with Crippen molar-refractivity contribution in [3.05, 3.63) is 75.9 Å². The molecule has 0 fully saturated rings. The van der Waals surface area contributed by atoms with Gasteiger partial charge in [0.2, 0.25) is 16.8 Å². The van der Waals surface area contributed by atoms with Crippen LogP contribution >= 0.6 is 11.3 Å². The van der Waals surface area contributed by atoms with Crippen molar-refractivity contribution < 1.29 is 22.7 Å². The maximum absolute atomic E-state index is 13.6. The van der Waals surface area contributed by atoms with Gasteiger partial charge in [-0.2, -0.15) is 0 Å². The van der Waals surface area contributed by atoms with Gasteiger partial charge < -0.3 is 15.4 Å². The molecule has 206 valence electrons. The Balaban J connectivity index is 1.79. The van der Waals surface area contributed by atoms with Gasteiger partial charge in [0.25, 0.3) is 0 Å². The molecule has 2 amide bonds. The van der Waals surface area contributed by atoms with Gasteiger partial charge in [-0.3, -0.25) is 9.52 Å². The average molecular weight is 561 g/mol. The third-order valence-electron chi connectivity index (χ3n) is 5.78. The summed E-state index contributed by atoms with van der Waals surface area (Å²) < 4.78 is 29.8. The van der Waals surface area contributed by atoms with E-state index in [1.807, 2.05) is 54.8 Å². The Hall–Kier alpha value is -3.18. The minimum Gasteiger partial charge on any atom is -0.444 e. The molecule has 1 aromatic heterocycles. The molecule has 3 N–H and O–H groups in total. The van der Waals surface area contributed by atoms with Crippen LogP contribution in [0.15, 0.2) is 59.6 Å². The molecular weight excluding hydrogens is 524 g/mol. The number of hydrogen-bond donors (Lipinski definition) is 4. The number of aryl methyl sites for hydroxylation is 1. The number of aromatic nitrogens is 1. The average Bonchev–Trinajstić information content (AvgIpc) is 3.33. The largest absolute Gasteiger partial charge is 0.444 e. The van der Waals surface area contributed by atoms with Crippen LogP contribution in [0.25, 0.3) is 0 Å². The van der Waals surface area contributed by atoms with Gasteiger partial charge in [0.1, 0.15) is 16.7 Å². The number of thiazole rings is 1. The van der Waals surface area contributed by atoms with Crippen molar-refractivity contribution in [3.63, 3.8) is 0 Å². The number of carbonyl (C=O) groups is 2. The highest BCUT2D eigenvalue weighted by Gasteiger charge is 2.29. The van der Waals surface area contributed by atoms with Gasteiger partial charge in [0.05, 0.1) is 11.7 Å². The Bertz CT molecular complexity index is 1220. The van der Waals surface area contributed by atoms with Crippen LogP contribution in [0.4, 0.5) is 4.79 Å². The molecule has 0 bridgehead atoms. The molecule has 1 aliphatic rings. The van der Waals surface area contributed by atoms with E-state index in [2.05, 4.69) is 15.4 Å². The van der Waals surface area contributed by atoms with E-state index in [0.717, 1.165) is 22.7 Å². The molecule has 11 heteroatoms. The zero-order valence-electron chi connectivity index (χ0n) is 22.1. The number of hydrogen-bond acceptors (Lipinski definition) is 7. The fourth-order valence-electron chi connectivity index (χ4n) is 3.98. The molecular formula is C27H36N4O5S2. The highest BCUT2D eigenvalue weighted by Crippen LogP contribution is 2.29. The predicted molar refractivity (Wildman–Crippen MR) is 149 cm³/mol. The lowest BCUT2D eigenvalue weighted by molar-refractivity contribution is -0.124. The Kier molecular flexibility index (Phi) is 10.5. The molecule has 0 saturated heterocycles. The highest BCUT2D eigenvalue weighted by molar-refractivity contribution is 7.70. The second-order valence-electron chi connectivity index (χ2n) is 10.1. The minimum absolute atomic E-state index is 0.0655. The first-order chi connectivity index (χ1) is 18.0. The van der Waals surface area contributed by atoms with E-state index in [1.54, 1.807) is 26.8 Å². The van der Waals surface area contributed by atoms with Gasteiger partial charge in [-0.05, 0) is 57.6 Å². The summed E-state index contributed by atoms with van der Waals surface area (Å²) in [6.45, 7) is 7.33. The van der Waals surface area contributed by atoms with E-state index in [9.17, 15) is 18.0 Å². The molecule has 9 nitrogen and oxygen atoms in total. The highest BCUT2D eigenvalue weighted by atomic mass is 32.2. The number of alkyl carbamates (subject to hydrolysis) is 1. The molecule has 1 aliphatic carbocycles. The fourth-order valence-corrected chi connectivity index (χ4v) is 5.32. The van der Waals surface area contributed by atoms with Gasteiger partial charge in [0, 0.05) is 17.5 Å². The molecule has 2 aromatic rings. The summed E-state index contributed by atoms with van der Waals surface area (Å²) >= 11 is 1.49. The number of allylic oxidation sites excluding steroid dienone is 3. The lowest BCUT2D eigenvalue weighted by Crippen LogP contribution is -2.50. The van der Waals surface area contributed by atoms with E-state index in [1.165, 1.54) is 11.3 Å². The molecule has 0 spiro atoms. The van der Waals surface area contributed by atoms with Crippen LogP contribution in [-0.4, -0.2) is 37.0 Å². The number of thiol groups is 1. The molecule has 3 atom stereocenters. The summed E-state index contributed by atoms with van der Waals surface area (Å²) in [6.07, 6.45) is 7.10. The number of carbonyl (C=O) groups excluding carboxylic acids is 2. The van der Waals surface area contributed by atoms with E-state index >= 15 is 0 Å². The minimum atomic E-state index is -2.73. The van der Waals surface area contributed by atoms with Crippen LogP contribution in [-0.2, 0) is 33.3 Å². The second kappa shape index (κ2) is 13.6. The van der Waals surface area contributed by atoms with E-state index in [0.29, 0.717) is 25.0 Å². The first-order valence-electron chi connectivity index (χ1n) is 12.6. The second-order valence-corrected chi connectivity index (χ2v) is 11.7. The van der Waals surface area contributed by atoms with E-state index in [4.69, 9.17) is 9.72 Å². The van der Waals surface area contributed by atoms with Crippen molar-refractivity contribution in [3.8, 4) is 0 Å². The maximum Gasteiger partial charge on any atom is 0.408 e. The molecule has 3 rings (SSSR count). The summed E-state index contributed by atoms with van der Waals surface area (Å²) in [6, 6.07) is 8.24. The molecule has 1 heterocycles. The summed E-state index contributed by atoms with van der Waals surface area (Å²) in [5.41, 5.74) is 1.68. The van der Waals surface area contributed by atoms with Crippen LogP contribution in [0, 0.1) is 5.92 Å². The van der Waals surface area contributed by atoms with Crippen molar-refractivity contribution >= 4 is 34.2 Å². The predicted octanol–water partition coefficient (Wildman–Crippen LogP) is 3.96. The number of amides is 2. The number of nitrogens with one attached hydrogen (secondary N) is 3. The monoisotopic (exact) mass is 560 g/mol. The Morgan fingerprint density at radius 1 is 1.18 bits per heavy atom. The molecule has 1 unspecified atom stereocenters. The van der Waals surface area contributed by atoms with Gasteiger partial charge in [-0.15, -0.1) is 11.3 Å². The summed E-state index contributed by atoms with van der Waals surface area (Å²) in [5.74, 6) is -0.269. The number of rotatable bonds is 11. The van der Waals surface area contributed by atoms with Crippen LogP contribution in [0.1, 0.15) is 62.8 Å². The summed E-state index contributed by atoms with van der Waals surface area (Å²) in [4.78, 5) is 30.9. The molecule has 0 radical (unpaired) electrons. The van der Waals surface area contributed by atoms with Crippen molar-refractivity contribution in [2.75, 3.05) is 0 Å². The van der Waals surface area contributed by atoms with Crippen LogP contribution < -0.4 is 15.4 Å². The number of nitrogens with zero attached hydrogens (tertiary/aromatic N) is 1. The standard InChI is InChI=1S/C27H36N4O5S2/c1-5-20-17-37-25(28-20)23(16-19-11-13-21(14-12-19)31-38(34)35)29-24(32)22(15-18-9-7-6-8-10-18)30-26(33)36-27(2,3)4/h6-11,13-14,17,19,22-23,38H,5,12,15-16H2,1-4H3,(H,29,32)(H,30,33)(H,31,34,35)/t19?,22-,23+/m1/s1. The van der Waals surface area contributed by atoms with Crippen LogP contribution in [0.3, 0.4) is 0 Å². The van der Waals surface area contributed by atoms with Crippen LogP contribution in [0.5, 0.6) is 0 Å². The Morgan fingerprint density at radius 2 is 1.92 bits per heavy atom. The van der Waals surface area contributed by atoms with E-state index < -0.39 is 28.6 Å². The Morgan fingerprint density at radius 3 is 2.50 bits per heavy atom. The smallest absolute Gasteiger partial charge is 0.408 e. The van der Waals surface area contributed by atoms with Crippen LogP contribution in [0.2, 0.25) is 0 Å². The lowest BCUT2D eigenvalue weighted by atomic mass is 9.92. The quantitative estimate of drug-likeness (QED) is 0.308. The van der Waals surface area contributed by atoms with Gasteiger partial charge >= 0.3 is 6.09 Å². The zero-order chi connectivity index (χ0) is 27.7. The first kappa shape index (κ1) is 29.4. The zero-order valence-corrected chi connectivity index (χ0v) is 23.8. The molecule has 1 aromatic carbocycles. The van der Waals surface area contributed by atoms with Crippen molar-refractivity contribution in [1.82, 2.24) is 20.3 Å². The van der Waals surface area contributed by atoms with E-state index in [-0.39, 0.29) is 17.9 Å². The van der Waals surface area contributed by atoms with Gasteiger partial charge in [0.15, 0.2) is 0 Å². The lowest BCUT2D eigenvalue weighted by Gasteiger charge is -2.26. The third kappa shape index (κ3) is 9.60. The van der Waals surface area contributed by atoms with Gasteiger partial charge in [-0.25, -0.2) is 18.2 Å². The summed E-state index contributed by atoms with van der Waals surface area (Å²) in [5, 5.41) is 8.64. The fraction of sp³-hybridized carbons (Fsp3) is 0.444. The SMILES string of the molecule is CCc1csc([C@H](CC2C=CC(N[SH](=O)=O)=CC2)NC(=O)[C@@H](Cc2ccccc2)NC(=O)OC(C)(C)C)n1. The van der Waals surface area contributed by atoms with Crippen molar-refractivity contribution in [1.29, 1.82) is 0 Å². The first-order valence-corrected chi connectivity index (χ1v) is 14.7. The topological polar surface area (TPSA) is 126 Å². The molecule has 0 aliphatic heterocycles. The molecule has 38 heavy (non-hydrogen) atoms. The maximum atomic E-state index is 13.6. The number of ether oxygens (including phenoxy) is 1. The third-order valence-corrected chi connectivity index (χ3v) is 7.23. The normalized spacial score (nSPS) is 16.9. The number of benzene rings is 1. The molecule has 0 saturated carbocycles. The van der Waals surface area contributed by atoms with Crippen molar-refractivity contribution in [2.45, 2.75) is 71.1 Å². The Labute approximate surface area is 229 Å². The van der Waals surface area contributed by atoms with Gasteiger partial charge in [-0.1, -0.05) is 49.4 Å². The van der Waals surface area contributed by atoms with Crippen molar-refractivity contribution in [2.24, 2.45) is 5.92 Å². The summed E-state index contributed by atoms with van der Waals surface area (Å²) in [7, 11) is -2.73.